The number of carbonyl (C=O) groups is 1. The number of halogens is 1. The third-order valence-corrected chi connectivity index (χ3v) is 13.4. The van der Waals surface area contributed by atoms with Gasteiger partial charge < -0.3 is 19.8 Å². The first-order valence-corrected chi connectivity index (χ1v) is 19.7. The van der Waals surface area contributed by atoms with Crippen molar-refractivity contribution in [3.05, 3.63) is 49.9 Å². The normalized spacial score (nSPS) is 25.7. The van der Waals surface area contributed by atoms with E-state index in [1.54, 1.807) is 6.07 Å². The van der Waals surface area contributed by atoms with E-state index in [4.69, 9.17) is 21.1 Å². The summed E-state index contributed by atoms with van der Waals surface area (Å²) in [7, 11) is -0.983. The number of pyridine rings is 1. The van der Waals surface area contributed by atoms with Crippen molar-refractivity contribution in [1.29, 1.82) is 0 Å². The monoisotopic (exact) mass is 618 g/mol. The Hall–Kier alpha value is -1.98. The first-order chi connectivity index (χ1) is 19.4. The molecule has 0 radical (unpaired) electrons. The third kappa shape index (κ3) is 6.51. The van der Waals surface area contributed by atoms with Gasteiger partial charge in [0.05, 0.1) is 5.02 Å². The number of aryl methyl sites for hydroxylation is 1. The molecule has 2 fully saturated rings. The highest BCUT2D eigenvalue weighted by molar-refractivity contribution is 7.98. The van der Waals surface area contributed by atoms with Gasteiger partial charge in [-0.1, -0.05) is 24.7 Å². The highest BCUT2D eigenvalue weighted by Crippen LogP contribution is 2.51. The molecule has 0 bridgehead atoms. The molecule has 3 aliphatic rings. The number of fused-ring (bicyclic) bond motifs is 1. The van der Waals surface area contributed by atoms with Crippen molar-refractivity contribution < 1.29 is 14.3 Å². The Morgan fingerprint density at radius 1 is 1.15 bits per heavy atom. The van der Waals surface area contributed by atoms with Crippen molar-refractivity contribution in [1.82, 2.24) is 20.7 Å². The highest BCUT2D eigenvalue weighted by Gasteiger charge is 2.47. The molecule has 8 nitrogen and oxygen atoms in total. The summed E-state index contributed by atoms with van der Waals surface area (Å²) in [5.74, 6) is 0.102. The molecule has 2 aliphatic heterocycles. The number of thioether (sulfide) groups is 1. The number of benzene rings is 1. The maximum absolute atomic E-state index is 13.3. The predicted octanol–water partition coefficient (Wildman–Crippen LogP) is 5.87. The molecule has 11 heteroatoms. The second-order valence-electron chi connectivity index (χ2n) is 12.7. The van der Waals surface area contributed by atoms with Crippen LogP contribution in [-0.4, -0.2) is 55.1 Å². The summed E-state index contributed by atoms with van der Waals surface area (Å²) in [5.41, 5.74) is 6.01. The van der Waals surface area contributed by atoms with Crippen molar-refractivity contribution >= 4 is 37.3 Å². The van der Waals surface area contributed by atoms with Crippen LogP contribution in [0.25, 0.3) is 0 Å². The molecule has 1 unspecified atom stereocenters. The lowest BCUT2D eigenvalue weighted by molar-refractivity contribution is -0.122. The lowest BCUT2D eigenvalue weighted by atomic mass is 9.81. The molecule has 1 aromatic carbocycles. The predicted molar refractivity (Wildman–Crippen MR) is 168 cm³/mol. The van der Waals surface area contributed by atoms with Crippen LogP contribution in [0.4, 0.5) is 0 Å². The number of nitrogens with one attached hydrogen (secondary N) is 3. The number of aromatic nitrogens is 1. The van der Waals surface area contributed by atoms with Gasteiger partial charge in [0, 0.05) is 73.9 Å². The molecular formula is C30H43ClN4O4SSi. The van der Waals surface area contributed by atoms with Crippen LogP contribution in [0.1, 0.15) is 59.8 Å². The van der Waals surface area contributed by atoms with E-state index in [0.717, 1.165) is 49.4 Å². The number of amides is 1. The van der Waals surface area contributed by atoms with Crippen molar-refractivity contribution in [2.45, 2.75) is 94.9 Å². The van der Waals surface area contributed by atoms with Crippen LogP contribution in [0, 0.1) is 19.8 Å². The van der Waals surface area contributed by atoms with Gasteiger partial charge in [-0.3, -0.25) is 15.0 Å². The van der Waals surface area contributed by atoms with Gasteiger partial charge in [-0.15, -0.1) is 11.8 Å². The fourth-order valence-electron chi connectivity index (χ4n) is 6.29. The number of rotatable bonds is 7. The fraction of sp³-hybridized carbons (Fsp3) is 0.600. The summed E-state index contributed by atoms with van der Waals surface area (Å²) in [6, 6.07) is 6.75. The molecule has 1 aliphatic carbocycles. The zero-order chi connectivity index (χ0) is 29.5. The number of ether oxygens (including phenoxy) is 2. The largest absolute Gasteiger partial charge is 0.448 e. The summed E-state index contributed by atoms with van der Waals surface area (Å²) >= 11 is 8.14. The minimum absolute atomic E-state index is 0.113. The number of hydrazine groups is 1. The molecule has 0 spiro atoms. The van der Waals surface area contributed by atoms with Gasteiger partial charge in [-0.05, 0) is 70.0 Å². The van der Waals surface area contributed by atoms with E-state index >= 15 is 0 Å². The Morgan fingerprint density at radius 3 is 2.46 bits per heavy atom. The van der Waals surface area contributed by atoms with Crippen LogP contribution in [0.5, 0.6) is 11.5 Å². The quantitative estimate of drug-likeness (QED) is 0.264. The van der Waals surface area contributed by atoms with Gasteiger partial charge in [0.15, 0.2) is 11.5 Å². The Bertz CT molecular complexity index is 1370. The Labute approximate surface area is 253 Å². The minimum Gasteiger partial charge on any atom is -0.448 e. The van der Waals surface area contributed by atoms with E-state index in [-0.39, 0.29) is 23.9 Å². The van der Waals surface area contributed by atoms with Gasteiger partial charge in [0.25, 0.3) is 17.3 Å². The van der Waals surface area contributed by atoms with E-state index in [1.165, 1.54) is 23.9 Å². The van der Waals surface area contributed by atoms with E-state index in [2.05, 4.69) is 33.8 Å². The smallest absolute Gasteiger partial charge is 0.254 e. The van der Waals surface area contributed by atoms with Crippen LogP contribution in [0.15, 0.2) is 21.8 Å². The molecule has 1 saturated heterocycles. The average molecular weight is 619 g/mol. The number of nitrogens with zero attached hydrogens (tertiary/aromatic N) is 1. The van der Waals surface area contributed by atoms with Gasteiger partial charge in [-0.2, -0.15) is 0 Å². The summed E-state index contributed by atoms with van der Waals surface area (Å²) in [5, 5.41) is 5.69. The Kier molecular flexibility index (Phi) is 8.88. The van der Waals surface area contributed by atoms with Crippen LogP contribution in [-0.2, 0) is 6.54 Å². The standard InChI is InChI=1S/C30H43ClN4O4SSi/c1-18-15-25(40-4)23(29(37)33-18)17-32-28(36)22-16-24(31)27-26(19(22)2)38-30(3,39-27)20-7-9-21(10-8-20)34-35-11-13-41(5,6)14-12-35/h15-16,20-21,34H,7-14,17H2,1-6H3,(H,32,36)(H,33,37). The summed E-state index contributed by atoms with van der Waals surface area (Å²) < 4.78 is 12.9. The Balaban J connectivity index is 1.22. The zero-order valence-corrected chi connectivity index (χ0v) is 27.6. The molecule has 3 N–H and O–H groups in total. The van der Waals surface area contributed by atoms with Crippen LogP contribution in [0.2, 0.25) is 30.2 Å². The molecule has 1 aromatic heterocycles. The second kappa shape index (κ2) is 12.0. The lowest BCUT2D eigenvalue weighted by Gasteiger charge is -2.41. The Morgan fingerprint density at radius 2 is 1.80 bits per heavy atom. The highest BCUT2D eigenvalue weighted by atomic mass is 35.5. The van der Waals surface area contributed by atoms with Crippen molar-refractivity contribution in [3.8, 4) is 11.5 Å². The minimum atomic E-state index is -0.983. The van der Waals surface area contributed by atoms with Crippen molar-refractivity contribution in [2.75, 3.05) is 19.3 Å². The third-order valence-electron chi connectivity index (χ3n) is 9.12. The van der Waals surface area contributed by atoms with E-state index < -0.39 is 13.9 Å². The van der Waals surface area contributed by atoms with Gasteiger partial charge >= 0.3 is 0 Å². The number of aromatic amines is 1. The van der Waals surface area contributed by atoms with Crippen LogP contribution in [0.3, 0.4) is 0 Å². The molecule has 2 aromatic rings. The van der Waals surface area contributed by atoms with Gasteiger partial charge in [-0.25, -0.2) is 5.01 Å². The number of hydrogen-bond donors (Lipinski definition) is 3. The molecule has 1 atom stereocenters. The van der Waals surface area contributed by atoms with Gasteiger partial charge in [0.2, 0.25) is 0 Å². The molecule has 1 amide bonds. The first kappa shape index (κ1) is 30.5. The zero-order valence-electron chi connectivity index (χ0n) is 25.0. The fourth-order valence-corrected chi connectivity index (χ4v) is 9.23. The molecular weight excluding hydrogens is 576 g/mol. The van der Waals surface area contributed by atoms with E-state index in [9.17, 15) is 9.59 Å². The van der Waals surface area contributed by atoms with E-state index in [1.807, 2.05) is 33.1 Å². The lowest BCUT2D eigenvalue weighted by Crippen LogP contribution is -2.54. The molecule has 224 valence electrons. The maximum atomic E-state index is 13.3. The first-order valence-electron chi connectivity index (χ1n) is 14.7. The average Bonchev–Trinajstić information content (AvgIpc) is 3.31. The van der Waals surface area contributed by atoms with Crippen LogP contribution >= 0.6 is 23.4 Å². The molecule has 41 heavy (non-hydrogen) atoms. The van der Waals surface area contributed by atoms with Gasteiger partial charge in [0.1, 0.15) is 0 Å². The van der Waals surface area contributed by atoms with Crippen LogP contribution < -0.4 is 25.8 Å². The summed E-state index contributed by atoms with van der Waals surface area (Å²) in [6.45, 7) is 13.1. The topological polar surface area (TPSA) is 95.7 Å². The molecule has 5 rings (SSSR count). The number of hydrogen-bond acceptors (Lipinski definition) is 7. The second-order valence-corrected chi connectivity index (χ2v) is 19.3. The summed E-state index contributed by atoms with van der Waals surface area (Å²) in [4.78, 5) is 29.5. The van der Waals surface area contributed by atoms with Crippen molar-refractivity contribution in [3.63, 3.8) is 0 Å². The van der Waals surface area contributed by atoms with Crippen molar-refractivity contribution in [2.24, 2.45) is 5.92 Å². The number of carbonyl (C=O) groups excluding carboxylic acids is 1. The van der Waals surface area contributed by atoms with E-state index in [0.29, 0.717) is 39.3 Å². The number of H-pyrrole nitrogens is 1. The molecule has 1 saturated carbocycles. The molecule has 3 heterocycles. The summed E-state index contributed by atoms with van der Waals surface area (Å²) in [6.07, 6.45) is 6.03. The maximum Gasteiger partial charge on any atom is 0.254 e. The SMILES string of the molecule is CSc1cc(C)[nH]c(=O)c1CNC(=O)c1cc(Cl)c2c(c1C)OC(C)(C1CCC(NN3CC[Si](C)(C)CC3)CC1)O2.